The standard InChI is InChI=1S/C20H29N3O5S/c1-14-5-7-15(8-6-14)21-29(26,27)16-9-10-17(19(13-16)23(24)25)22-11-12-28-20-4-2-3-18(20)22/h9-10,13-15,18,20-21H,2-8,11-12H2,1H3/t14?,15?,18-,20+/m0/s1. The first-order chi connectivity index (χ1) is 13.8. The molecule has 0 bridgehead atoms. The molecular formula is C20H29N3O5S. The Kier molecular flexibility index (Phi) is 5.81. The molecule has 2 saturated carbocycles. The fourth-order valence-electron chi connectivity index (χ4n) is 4.95. The number of hydrogen-bond acceptors (Lipinski definition) is 6. The molecule has 1 aromatic rings. The van der Waals surface area contributed by atoms with Gasteiger partial charge in [-0.25, -0.2) is 13.1 Å². The van der Waals surface area contributed by atoms with Crippen molar-refractivity contribution in [3.63, 3.8) is 0 Å². The number of nitrogens with zero attached hydrogens (tertiary/aromatic N) is 2. The molecule has 0 amide bonds. The molecule has 0 radical (unpaired) electrons. The van der Waals surface area contributed by atoms with Crippen LogP contribution in [0, 0.1) is 16.0 Å². The van der Waals surface area contributed by atoms with Crippen LogP contribution in [0.4, 0.5) is 11.4 Å². The number of ether oxygens (including phenoxy) is 1. The Labute approximate surface area is 171 Å². The lowest BCUT2D eigenvalue weighted by molar-refractivity contribution is -0.384. The van der Waals surface area contributed by atoms with Crippen molar-refractivity contribution in [1.29, 1.82) is 0 Å². The summed E-state index contributed by atoms with van der Waals surface area (Å²) in [5.41, 5.74) is 0.332. The second-order valence-corrected chi connectivity index (χ2v) is 10.3. The average Bonchev–Trinajstić information content (AvgIpc) is 3.18. The molecule has 0 spiro atoms. The molecule has 1 aromatic carbocycles. The average molecular weight is 424 g/mol. The van der Waals surface area contributed by atoms with Crippen molar-refractivity contribution >= 4 is 21.4 Å². The maximum Gasteiger partial charge on any atom is 0.293 e. The second kappa shape index (κ2) is 8.20. The Morgan fingerprint density at radius 3 is 2.66 bits per heavy atom. The summed E-state index contributed by atoms with van der Waals surface area (Å²) in [6.07, 6.45) is 6.62. The molecule has 2 aliphatic carbocycles. The molecule has 1 N–H and O–H groups in total. The van der Waals surface area contributed by atoms with E-state index in [0.29, 0.717) is 24.8 Å². The molecule has 9 heteroatoms. The van der Waals surface area contributed by atoms with Gasteiger partial charge in [-0.05, 0) is 63.0 Å². The summed E-state index contributed by atoms with van der Waals surface area (Å²) in [4.78, 5) is 13.3. The van der Waals surface area contributed by atoms with E-state index < -0.39 is 14.9 Å². The highest BCUT2D eigenvalue weighted by molar-refractivity contribution is 7.89. The Hall–Kier alpha value is -1.71. The first-order valence-electron chi connectivity index (χ1n) is 10.5. The Morgan fingerprint density at radius 1 is 1.17 bits per heavy atom. The summed E-state index contributed by atoms with van der Waals surface area (Å²) in [5, 5.41) is 11.8. The van der Waals surface area contributed by atoms with Crippen molar-refractivity contribution < 1.29 is 18.1 Å². The number of nitrogens with one attached hydrogen (secondary N) is 1. The van der Waals surface area contributed by atoms with Crippen molar-refractivity contribution in [3.05, 3.63) is 28.3 Å². The number of fused-ring (bicyclic) bond motifs is 1. The van der Waals surface area contributed by atoms with Gasteiger partial charge in [0.15, 0.2) is 0 Å². The van der Waals surface area contributed by atoms with E-state index in [4.69, 9.17) is 4.74 Å². The van der Waals surface area contributed by atoms with Gasteiger partial charge in [0.2, 0.25) is 10.0 Å². The van der Waals surface area contributed by atoms with Crippen LogP contribution in [0.1, 0.15) is 51.9 Å². The van der Waals surface area contributed by atoms with Gasteiger partial charge in [0, 0.05) is 18.7 Å². The molecule has 0 unspecified atom stereocenters. The number of anilines is 1. The van der Waals surface area contributed by atoms with Gasteiger partial charge in [-0.2, -0.15) is 0 Å². The zero-order valence-corrected chi connectivity index (χ0v) is 17.6. The monoisotopic (exact) mass is 423 g/mol. The summed E-state index contributed by atoms with van der Waals surface area (Å²) < 4.78 is 34.3. The number of rotatable bonds is 5. The first-order valence-corrected chi connectivity index (χ1v) is 12.0. The smallest absolute Gasteiger partial charge is 0.293 e. The molecule has 3 aliphatic rings. The van der Waals surface area contributed by atoms with E-state index in [0.717, 1.165) is 44.9 Å². The molecular weight excluding hydrogens is 394 g/mol. The van der Waals surface area contributed by atoms with Crippen LogP contribution in [0.25, 0.3) is 0 Å². The highest BCUT2D eigenvalue weighted by Gasteiger charge is 2.38. The summed E-state index contributed by atoms with van der Waals surface area (Å²) in [6, 6.07) is 4.31. The molecule has 29 heavy (non-hydrogen) atoms. The zero-order valence-electron chi connectivity index (χ0n) is 16.7. The van der Waals surface area contributed by atoms with Gasteiger partial charge < -0.3 is 9.64 Å². The number of benzene rings is 1. The Bertz CT molecular complexity index is 867. The van der Waals surface area contributed by atoms with Crippen molar-refractivity contribution in [3.8, 4) is 0 Å². The predicted molar refractivity (Wildman–Crippen MR) is 110 cm³/mol. The quantitative estimate of drug-likeness (QED) is 0.576. The van der Waals surface area contributed by atoms with E-state index in [1.54, 1.807) is 6.07 Å². The zero-order chi connectivity index (χ0) is 20.6. The van der Waals surface area contributed by atoms with Crippen LogP contribution in [-0.2, 0) is 14.8 Å². The Balaban J connectivity index is 1.59. The van der Waals surface area contributed by atoms with Gasteiger partial charge in [0.25, 0.3) is 5.69 Å². The number of morpholine rings is 1. The highest BCUT2D eigenvalue weighted by atomic mass is 32.2. The molecule has 2 atom stereocenters. The Morgan fingerprint density at radius 2 is 1.93 bits per heavy atom. The maximum atomic E-state index is 12.9. The van der Waals surface area contributed by atoms with Gasteiger partial charge in [-0.1, -0.05) is 6.92 Å². The number of sulfonamides is 1. The van der Waals surface area contributed by atoms with Crippen LogP contribution in [0.3, 0.4) is 0 Å². The fourth-order valence-corrected chi connectivity index (χ4v) is 6.27. The van der Waals surface area contributed by atoms with E-state index in [1.807, 2.05) is 4.90 Å². The van der Waals surface area contributed by atoms with E-state index in [2.05, 4.69) is 11.6 Å². The van der Waals surface area contributed by atoms with Crippen LogP contribution in [0.15, 0.2) is 23.1 Å². The SMILES string of the molecule is CC1CCC(NS(=O)(=O)c2ccc(N3CCO[C@@H]4CCC[C@@H]43)c([N+](=O)[O-])c2)CC1. The molecule has 0 aromatic heterocycles. The maximum absolute atomic E-state index is 12.9. The third kappa shape index (κ3) is 4.27. The molecule has 1 saturated heterocycles. The van der Waals surface area contributed by atoms with E-state index in [-0.39, 0.29) is 28.8 Å². The van der Waals surface area contributed by atoms with Crippen LogP contribution in [0.5, 0.6) is 0 Å². The van der Waals surface area contributed by atoms with Gasteiger partial charge >= 0.3 is 0 Å². The van der Waals surface area contributed by atoms with Gasteiger partial charge in [-0.15, -0.1) is 0 Å². The molecule has 160 valence electrons. The first kappa shape index (κ1) is 20.6. The second-order valence-electron chi connectivity index (χ2n) is 8.59. The van der Waals surface area contributed by atoms with Gasteiger partial charge in [-0.3, -0.25) is 10.1 Å². The summed E-state index contributed by atoms with van der Waals surface area (Å²) in [5.74, 6) is 0.615. The molecule has 3 fully saturated rings. The summed E-state index contributed by atoms with van der Waals surface area (Å²) in [7, 11) is -3.80. The fraction of sp³-hybridized carbons (Fsp3) is 0.700. The summed E-state index contributed by atoms with van der Waals surface area (Å²) >= 11 is 0. The normalized spacial score (nSPS) is 30.2. The molecule has 1 aliphatic heterocycles. The third-order valence-electron chi connectivity index (χ3n) is 6.58. The minimum atomic E-state index is -3.80. The summed E-state index contributed by atoms with van der Waals surface area (Å²) in [6.45, 7) is 3.28. The third-order valence-corrected chi connectivity index (χ3v) is 8.10. The lowest BCUT2D eigenvalue weighted by Crippen LogP contribution is -2.48. The molecule has 1 heterocycles. The predicted octanol–water partition coefficient (Wildman–Crippen LogP) is 3.21. The minimum Gasteiger partial charge on any atom is -0.374 e. The van der Waals surface area contributed by atoms with Crippen molar-refractivity contribution in [2.24, 2.45) is 5.92 Å². The van der Waals surface area contributed by atoms with Crippen LogP contribution in [-0.4, -0.2) is 44.7 Å². The van der Waals surface area contributed by atoms with Gasteiger partial charge in [0.1, 0.15) is 5.69 Å². The van der Waals surface area contributed by atoms with E-state index in [9.17, 15) is 18.5 Å². The molecule has 4 rings (SSSR count). The lowest BCUT2D eigenvalue weighted by Gasteiger charge is -2.39. The minimum absolute atomic E-state index is 0.0391. The van der Waals surface area contributed by atoms with Crippen LogP contribution < -0.4 is 9.62 Å². The molecule has 8 nitrogen and oxygen atoms in total. The van der Waals surface area contributed by atoms with Crippen LogP contribution >= 0.6 is 0 Å². The van der Waals surface area contributed by atoms with E-state index >= 15 is 0 Å². The number of nitro benzene ring substituents is 1. The van der Waals surface area contributed by atoms with Gasteiger partial charge in [0.05, 0.1) is 28.6 Å². The van der Waals surface area contributed by atoms with Crippen LogP contribution in [0.2, 0.25) is 0 Å². The van der Waals surface area contributed by atoms with E-state index in [1.165, 1.54) is 12.1 Å². The highest BCUT2D eigenvalue weighted by Crippen LogP contribution is 2.38. The van der Waals surface area contributed by atoms with Crippen molar-refractivity contribution in [2.75, 3.05) is 18.1 Å². The topological polar surface area (TPSA) is 102 Å². The largest absolute Gasteiger partial charge is 0.374 e. The number of nitro groups is 1. The number of hydrogen-bond donors (Lipinski definition) is 1. The lowest BCUT2D eigenvalue weighted by atomic mass is 9.88. The van der Waals surface area contributed by atoms with Crippen molar-refractivity contribution in [1.82, 2.24) is 4.72 Å². The van der Waals surface area contributed by atoms with Crippen molar-refractivity contribution in [2.45, 2.75) is 75.0 Å².